The number of carbonyl (C=O) groups is 2. The highest BCUT2D eigenvalue weighted by Gasteiger charge is 2.14. The molecule has 0 bridgehead atoms. The van der Waals surface area contributed by atoms with Crippen LogP contribution in [0.1, 0.15) is 25.7 Å². The lowest BCUT2D eigenvalue weighted by Crippen LogP contribution is -2.17. The number of amides is 1. The van der Waals surface area contributed by atoms with Crippen LogP contribution in [0, 0.1) is 12.8 Å². The number of nitrogens with one attached hydrogen (secondary N) is 1. The maximum Gasteiger partial charge on any atom is 0.322 e. The number of anilines is 1. The molecule has 1 heterocycles. The monoisotopic (exact) mass is 227 g/mol. The van der Waals surface area contributed by atoms with Crippen molar-refractivity contribution >= 4 is 17.9 Å². The van der Waals surface area contributed by atoms with Gasteiger partial charge in [-0.15, -0.1) is 5.10 Å². The second kappa shape index (κ2) is 5.24. The van der Waals surface area contributed by atoms with Gasteiger partial charge in [-0.2, -0.15) is 0 Å². The molecule has 0 saturated heterocycles. The zero-order chi connectivity index (χ0) is 12.1. The van der Waals surface area contributed by atoms with Crippen LogP contribution >= 0.6 is 0 Å². The number of aryl methyl sites for hydroxylation is 1. The summed E-state index contributed by atoms with van der Waals surface area (Å²) in [4.78, 5) is 21.8. The predicted octanol–water partition coefficient (Wildman–Crippen LogP) is 0.817. The molecule has 88 valence electrons. The molecular weight excluding hydrogens is 214 g/mol. The third-order valence-corrected chi connectivity index (χ3v) is 1.83. The Labute approximate surface area is 91.9 Å². The molecule has 0 fully saturated rings. The largest absolute Gasteiger partial charge is 0.481 e. The smallest absolute Gasteiger partial charge is 0.322 e. The number of aromatic nitrogens is 2. The van der Waals surface area contributed by atoms with Gasteiger partial charge >= 0.3 is 12.0 Å². The average molecular weight is 227 g/mol. The van der Waals surface area contributed by atoms with Gasteiger partial charge < -0.3 is 9.52 Å². The van der Waals surface area contributed by atoms with Gasteiger partial charge in [-0.3, -0.25) is 14.9 Å². The van der Waals surface area contributed by atoms with Crippen LogP contribution in [0.15, 0.2) is 4.42 Å². The van der Waals surface area contributed by atoms with E-state index in [0.29, 0.717) is 5.89 Å². The van der Waals surface area contributed by atoms with Crippen LogP contribution in [0.2, 0.25) is 0 Å². The van der Waals surface area contributed by atoms with Crippen molar-refractivity contribution in [2.45, 2.75) is 26.7 Å². The minimum absolute atomic E-state index is 0.0324. The van der Waals surface area contributed by atoms with E-state index in [9.17, 15) is 9.59 Å². The Morgan fingerprint density at radius 2 is 2.12 bits per heavy atom. The zero-order valence-corrected chi connectivity index (χ0v) is 9.06. The number of carboxylic acids is 1. The molecule has 1 aromatic heterocycles. The SMILES string of the molecule is Cc1nnc(NC(=O)CC(C)CC(=O)O)o1. The molecule has 0 aliphatic carbocycles. The lowest BCUT2D eigenvalue weighted by molar-refractivity contribution is -0.138. The highest BCUT2D eigenvalue weighted by molar-refractivity contribution is 5.88. The predicted molar refractivity (Wildman–Crippen MR) is 53.7 cm³/mol. The summed E-state index contributed by atoms with van der Waals surface area (Å²) >= 11 is 0. The van der Waals surface area contributed by atoms with Gasteiger partial charge in [0.15, 0.2) is 0 Å². The van der Waals surface area contributed by atoms with Crippen LogP contribution < -0.4 is 5.32 Å². The second-order valence-electron chi connectivity index (χ2n) is 3.58. The van der Waals surface area contributed by atoms with E-state index < -0.39 is 5.97 Å². The van der Waals surface area contributed by atoms with Crippen molar-refractivity contribution < 1.29 is 19.1 Å². The van der Waals surface area contributed by atoms with Crippen LogP contribution in [-0.4, -0.2) is 27.2 Å². The van der Waals surface area contributed by atoms with Gasteiger partial charge in [0.2, 0.25) is 11.8 Å². The molecule has 7 heteroatoms. The molecule has 7 nitrogen and oxygen atoms in total. The molecule has 16 heavy (non-hydrogen) atoms. The third kappa shape index (κ3) is 4.07. The first-order chi connectivity index (χ1) is 7.47. The summed E-state index contributed by atoms with van der Waals surface area (Å²) in [5.74, 6) is -1.14. The second-order valence-corrected chi connectivity index (χ2v) is 3.58. The fraction of sp³-hybridized carbons (Fsp3) is 0.556. The molecule has 0 aromatic carbocycles. The fourth-order valence-corrected chi connectivity index (χ4v) is 1.20. The molecular formula is C9H13N3O4. The van der Waals surface area contributed by atoms with Gasteiger partial charge in [-0.25, -0.2) is 0 Å². The van der Waals surface area contributed by atoms with Crippen molar-refractivity contribution in [3.63, 3.8) is 0 Å². The van der Waals surface area contributed by atoms with E-state index >= 15 is 0 Å². The van der Waals surface area contributed by atoms with Crippen LogP contribution in [-0.2, 0) is 9.59 Å². The molecule has 0 radical (unpaired) electrons. The number of hydrogen-bond acceptors (Lipinski definition) is 5. The minimum Gasteiger partial charge on any atom is -0.481 e. The van der Waals surface area contributed by atoms with Crippen molar-refractivity contribution in [3.8, 4) is 0 Å². The van der Waals surface area contributed by atoms with E-state index in [1.165, 1.54) is 0 Å². The van der Waals surface area contributed by atoms with E-state index in [2.05, 4.69) is 15.5 Å². The normalized spacial score (nSPS) is 12.1. The van der Waals surface area contributed by atoms with Gasteiger partial charge in [0.1, 0.15) is 0 Å². The Kier molecular flexibility index (Phi) is 3.98. The molecule has 0 aliphatic rings. The van der Waals surface area contributed by atoms with Crippen LogP contribution in [0.25, 0.3) is 0 Å². The van der Waals surface area contributed by atoms with Crippen molar-refractivity contribution in [3.05, 3.63) is 5.89 Å². The summed E-state index contributed by atoms with van der Waals surface area (Å²) in [6.45, 7) is 3.29. The summed E-state index contributed by atoms with van der Waals surface area (Å²) in [6.07, 6.45) is 0.0595. The lowest BCUT2D eigenvalue weighted by Gasteiger charge is -2.06. The summed E-state index contributed by atoms with van der Waals surface area (Å²) in [7, 11) is 0. The Bertz CT molecular complexity index is 388. The van der Waals surface area contributed by atoms with Gasteiger partial charge in [-0.1, -0.05) is 12.0 Å². The molecule has 0 aliphatic heterocycles. The summed E-state index contributed by atoms with van der Waals surface area (Å²) in [6, 6.07) is 0.0324. The van der Waals surface area contributed by atoms with Gasteiger partial charge in [0.05, 0.1) is 0 Å². The molecule has 1 atom stereocenters. The van der Waals surface area contributed by atoms with Crippen molar-refractivity contribution in [1.29, 1.82) is 0 Å². The summed E-state index contributed by atoms with van der Waals surface area (Å²) in [5, 5.41) is 18.0. The maximum atomic E-state index is 11.4. The van der Waals surface area contributed by atoms with Crippen LogP contribution in [0.5, 0.6) is 0 Å². The number of carbonyl (C=O) groups excluding carboxylic acids is 1. The molecule has 1 unspecified atom stereocenters. The molecule has 1 rings (SSSR count). The Balaban J connectivity index is 2.38. The highest BCUT2D eigenvalue weighted by Crippen LogP contribution is 2.10. The summed E-state index contributed by atoms with van der Waals surface area (Å²) < 4.78 is 4.95. The Morgan fingerprint density at radius 1 is 1.44 bits per heavy atom. The Hall–Kier alpha value is -1.92. The third-order valence-electron chi connectivity index (χ3n) is 1.83. The molecule has 0 spiro atoms. The number of carboxylic acid groups (broad SMARTS) is 1. The van der Waals surface area contributed by atoms with E-state index in [1.807, 2.05) is 0 Å². The first-order valence-corrected chi connectivity index (χ1v) is 4.79. The van der Waals surface area contributed by atoms with E-state index in [1.54, 1.807) is 13.8 Å². The quantitative estimate of drug-likeness (QED) is 0.771. The van der Waals surface area contributed by atoms with Crippen molar-refractivity contribution in [2.24, 2.45) is 5.92 Å². The first-order valence-electron chi connectivity index (χ1n) is 4.79. The van der Waals surface area contributed by atoms with E-state index in [-0.39, 0.29) is 30.7 Å². The fourth-order valence-electron chi connectivity index (χ4n) is 1.20. The van der Waals surface area contributed by atoms with Crippen LogP contribution in [0.4, 0.5) is 6.01 Å². The van der Waals surface area contributed by atoms with E-state index in [4.69, 9.17) is 9.52 Å². The number of hydrogen-bond donors (Lipinski definition) is 2. The highest BCUT2D eigenvalue weighted by atomic mass is 16.4. The minimum atomic E-state index is -0.922. The molecule has 0 saturated carbocycles. The molecule has 1 amide bonds. The van der Waals surface area contributed by atoms with Crippen LogP contribution in [0.3, 0.4) is 0 Å². The Morgan fingerprint density at radius 3 is 2.62 bits per heavy atom. The average Bonchev–Trinajstić information content (AvgIpc) is 2.48. The molecule has 2 N–H and O–H groups in total. The maximum absolute atomic E-state index is 11.4. The zero-order valence-electron chi connectivity index (χ0n) is 9.06. The lowest BCUT2D eigenvalue weighted by atomic mass is 10.0. The van der Waals surface area contributed by atoms with Gasteiger partial charge in [-0.05, 0) is 5.92 Å². The van der Waals surface area contributed by atoms with Crippen molar-refractivity contribution in [1.82, 2.24) is 10.2 Å². The van der Waals surface area contributed by atoms with E-state index in [0.717, 1.165) is 0 Å². The molecule has 1 aromatic rings. The standard InChI is InChI=1S/C9H13N3O4/c1-5(4-8(14)15)3-7(13)10-9-12-11-6(2)16-9/h5H,3-4H2,1-2H3,(H,14,15)(H,10,12,13). The number of rotatable bonds is 5. The summed E-state index contributed by atoms with van der Waals surface area (Å²) in [5.41, 5.74) is 0. The first kappa shape index (κ1) is 12.2. The van der Waals surface area contributed by atoms with Gasteiger partial charge in [0, 0.05) is 19.8 Å². The topological polar surface area (TPSA) is 105 Å². The van der Waals surface area contributed by atoms with Gasteiger partial charge in [0.25, 0.3) is 0 Å². The number of nitrogens with zero attached hydrogens (tertiary/aromatic N) is 2. The van der Waals surface area contributed by atoms with Crippen molar-refractivity contribution in [2.75, 3.05) is 5.32 Å². The number of aliphatic carboxylic acids is 1.